The van der Waals surface area contributed by atoms with E-state index in [1.54, 1.807) is 0 Å². The molecule has 8 heavy (non-hydrogen) atoms. The molecule has 0 aliphatic carbocycles. The summed E-state index contributed by atoms with van der Waals surface area (Å²) in [4.78, 5) is 1.27. The molecule has 0 amide bonds. The average molecular weight is 128 g/mol. The molecule has 0 aromatic carbocycles. The topological polar surface area (TPSA) is 0 Å². The molecule has 0 saturated heterocycles. The Labute approximate surface area is 55.7 Å². The summed E-state index contributed by atoms with van der Waals surface area (Å²) in [5.41, 5.74) is 2.88. The van der Waals surface area contributed by atoms with Gasteiger partial charge in [-0.1, -0.05) is 20.4 Å². The number of thioether (sulfide) groups is 1. The lowest BCUT2D eigenvalue weighted by atomic mass is 10.5. The third kappa shape index (κ3) is 2.95. The maximum absolute atomic E-state index is 3.57. The van der Waals surface area contributed by atoms with Crippen molar-refractivity contribution in [1.29, 1.82) is 0 Å². The summed E-state index contributed by atoms with van der Waals surface area (Å²) in [7, 11) is 0. The predicted octanol–water partition coefficient (Wildman–Crippen LogP) is 2.82. The quantitative estimate of drug-likeness (QED) is 0.527. The van der Waals surface area contributed by atoms with Gasteiger partial charge in [-0.2, -0.15) is 0 Å². The van der Waals surface area contributed by atoms with E-state index in [0.717, 1.165) is 12.2 Å². The van der Waals surface area contributed by atoms with Crippen molar-refractivity contribution < 1.29 is 0 Å². The molecule has 0 fully saturated rings. The molecular formula is C7H12S. The highest BCUT2D eigenvalue weighted by Crippen LogP contribution is 2.15. The number of hydrogen-bond donors (Lipinski definition) is 0. The van der Waals surface area contributed by atoms with Crippen LogP contribution >= 0.6 is 11.8 Å². The van der Waals surface area contributed by atoms with Crippen molar-refractivity contribution in [3.8, 4) is 0 Å². The first-order valence-corrected chi connectivity index (χ1v) is 3.85. The lowest BCUT2D eigenvalue weighted by Gasteiger charge is -1.93. The summed E-state index contributed by atoms with van der Waals surface area (Å²) < 4.78 is 0. The van der Waals surface area contributed by atoms with E-state index in [2.05, 4.69) is 26.2 Å². The van der Waals surface area contributed by atoms with Gasteiger partial charge < -0.3 is 0 Å². The molecule has 0 rings (SSSR count). The largest absolute Gasteiger partial charge is 0.122 e. The van der Waals surface area contributed by atoms with Crippen LogP contribution in [-0.4, -0.2) is 5.75 Å². The van der Waals surface area contributed by atoms with E-state index in [1.807, 2.05) is 11.8 Å². The van der Waals surface area contributed by atoms with Crippen molar-refractivity contribution in [2.75, 3.05) is 5.75 Å². The highest BCUT2D eigenvalue weighted by atomic mass is 32.2. The van der Waals surface area contributed by atoms with Crippen molar-refractivity contribution in [1.82, 2.24) is 0 Å². The first-order chi connectivity index (χ1) is 3.85. The van der Waals surface area contributed by atoms with Gasteiger partial charge in [0, 0.05) is 4.91 Å². The van der Waals surface area contributed by atoms with Gasteiger partial charge in [-0.25, -0.2) is 0 Å². The average Bonchev–Trinajstić information content (AvgIpc) is 1.83. The molecule has 0 aromatic heterocycles. The third-order valence-electron chi connectivity index (χ3n) is 0.837. The zero-order valence-corrected chi connectivity index (χ0v) is 6.35. The molecule has 0 aliphatic rings. The van der Waals surface area contributed by atoms with Crippen molar-refractivity contribution >= 4 is 11.8 Å². The fourth-order valence-corrected chi connectivity index (χ4v) is 1.11. The summed E-state index contributed by atoms with van der Waals surface area (Å²) in [5, 5.41) is 0. The zero-order chi connectivity index (χ0) is 6.41. The molecule has 0 N–H and O–H groups in total. The Bertz CT molecular complexity index is 99.0. The fraction of sp³-hybridized carbons (Fsp3) is 0.571. The minimum atomic E-state index is 1.07. The lowest BCUT2D eigenvalue weighted by Crippen LogP contribution is -1.70. The van der Waals surface area contributed by atoms with Crippen molar-refractivity contribution in [2.24, 2.45) is 0 Å². The summed E-state index contributed by atoms with van der Waals surface area (Å²) in [6.07, 6.45) is 1.07. The van der Waals surface area contributed by atoms with Crippen molar-refractivity contribution in [3.63, 3.8) is 0 Å². The molecule has 0 atom stereocenters. The highest BCUT2D eigenvalue weighted by Gasteiger charge is 1.86. The van der Waals surface area contributed by atoms with Crippen molar-refractivity contribution in [3.05, 3.63) is 17.2 Å². The Morgan fingerprint density at radius 1 is 1.62 bits per heavy atom. The summed E-state index contributed by atoms with van der Waals surface area (Å²) >= 11 is 1.82. The van der Waals surface area contributed by atoms with E-state index in [-0.39, 0.29) is 0 Å². The SMILES string of the molecule is C=C=C(CC)SCC. The van der Waals surface area contributed by atoms with E-state index < -0.39 is 0 Å². The van der Waals surface area contributed by atoms with Gasteiger partial charge in [0.15, 0.2) is 0 Å². The van der Waals surface area contributed by atoms with Crippen LogP contribution in [0.15, 0.2) is 17.2 Å². The standard InChI is InChI=1S/C7H12S/c1-4-7(5-2)8-6-3/h1,5-6H2,2-3H3. The molecule has 0 aliphatic heterocycles. The molecule has 0 spiro atoms. The molecule has 46 valence electrons. The van der Waals surface area contributed by atoms with Gasteiger partial charge in [0.2, 0.25) is 0 Å². The minimum Gasteiger partial charge on any atom is -0.122 e. The van der Waals surface area contributed by atoms with Crippen LogP contribution in [0.1, 0.15) is 20.3 Å². The normalized spacial score (nSPS) is 8.25. The maximum Gasteiger partial charge on any atom is 0.0256 e. The molecule has 0 radical (unpaired) electrons. The van der Waals surface area contributed by atoms with E-state index in [9.17, 15) is 0 Å². The zero-order valence-electron chi connectivity index (χ0n) is 5.53. The molecule has 0 saturated carbocycles. The second-order valence-electron chi connectivity index (χ2n) is 1.39. The van der Waals surface area contributed by atoms with Gasteiger partial charge in [0.25, 0.3) is 0 Å². The van der Waals surface area contributed by atoms with Crippen LogP contribution in [0.3, 0.4) is 0 Å². The smallest absolute Gasteiger partial charge is 0.0256 e. The predicted molar refractivity (Wildman–Crippen MR) is 41.1 cm³/mol. The molecule has 0 nitrogen and oxygen atoms in total. The number of allylic oxidation sites excluding steroid dienone is 1. The molecule has 1 heteroatoms. The fourth-order valence-electron chi connectivity index (χ4n) is 0.452. The van der Waals surface area contributed by atoms with Gasteiger partial charge in [0.1, 0.15) is 0 Å². The molecule has 0 unspecified atom stereocenters. The van der Waals surface area contributed by atoms with E-state index in [4.69, 9.17) is 0 Å². The van der Waals surface area contributed by atoms with Gasteiger partial charge in [0.05, 0.1) is 0 Å². The van der Waals surface area contributed by atoms with Crippen LogP contribution in [0.5, 0.6) is 0 Å². The Kier molecular flexibility index (Phi) is 4.93. The first kappa shape index (κ1) is 7.87. The van der Waals surface area contributed by atoms with E-state index >= 15 is 0 Å². The monoisotopic (exact) mass is 128 g/mol. The van der Waals surface area contributed by atoms with Crippen LogP contribution in [0.25, 0.3) is 0 Å². The lowest BCUT2D eigenvalue weighted by molar-refractivity contribution is 1.20. The molecule has 0 aromatic rings. The molecule has 0 bridgehead atoms. The van der Waals surface area contributed by atoms with Crippen molar-refractivity contribution in [2.45, 2.75) is 20.3 Å². The van der Waals surface area contributed by atoms with Crippen LogP contribution in [0.4, 0.5) is 0 Å². The number of rotatable bonds is 3. The minimum absolute atomic E-state index is 1.07. The van der Waals surface area contributed by atoms with Gasteiger partial charge in [-0.15, -0.1) is 17.5 Å². The molecule has 0 heterocycles. The second-order valence-corrected chi connectivity index (χ2v) is 2.75. The Balaban J connectivity index is 3.55. The summed E-state index contributed by atoms with van der Waals surface area (Å²) in [5.74, 6) is 1.13. The Hall–Kier alpha value is -0.130. The van der Waals surface area contributed by atoms with Gasteiger partial charge in [-0.3, -0.25) is 0 Å². The van der Waals surface area contributed by atoms with E-state index in [0.29, 0.717) is 0 Å². The summed E-state index contributed by atoms with van der Waals surface area (Å²) in [6.45, 7) is 7.83. The summed E-state index contributed by atoms with van der Waals surface area (Å²) in [6, 6.07) is 0. The molecular weight excluding hydrogens is 116 g/mol. The number of hydrogen-bond acceptors (Lipinski definition) is 1. The highest BCUT2D eigenvalue weighted by molar-refractivity contribution is 8.03. The Morgan fingerprint density at radius 3 is 2.38 bits per heavy atom. The first-order valence-electron chi connectivity index (χ1n) is 2.86. The Morgan fingerprint density at radius 2 is 2.25 bits per heavy atom. The van der Waals surface area contributed by atoms with E-state index in [1.165, 1.54) is 4.91 Å². The third-order valence-corrected chi connectivity index (χ3v) is 1.91. The van der Waals surface area contributed by atoms with Gasteiger partial charge >= 0.3 is 0 Å². The van der Waals surface area contributed by atoms with Crippen LogP contribution < -0.4 is 0 Å². The second kappa shape index (κ2) is 5.02. The van der Waals surface area contributed by atoms with Crippen LogP contribution in [0, 0.1) is 0 Å². The van der Waals surface area contributed by atoms with Crippen LogP contribution in [-0.2, 0) is 0 Å². The van der Waals surface area contributed by atoms with Gasteiger partial charge in [-0.05, 0) is 12.2 Å². The maximum atomic E-state index is 3.57. The van der Waals surface area contributed by atoms with Crippen LogP contribution in [0.2, 0.25) is 0 Å².